The van der Waals surface area contributed by atoms with Gasteiger partial charge in [0.05, 0.1) is 6.61 Å². The second-order valence-corrected chi connectivity index (χ2v) is 4.33. The van der Waals surface area contributed by atoms with Crippen LogP contribution in [-0.4, -0.2) is 29.5 Å². The van der Waals surface area contributed by atoms with Crippen LogP contribution in [0, 0.1) is 5.92 Å². The molecule has 0 bridgehead atoms. The molecule has 70 valence electrons. The molecule has 3 heteroatoms. The molecule has 1 heterocycles. The number of nitrogens with two attached hydrogens (primary N) is 1. The van der Waals surface area contributed by atoms with E-state index in [2.05, 4.69) is 6.92 Å². The SMILES string of the molecule is CC1CC1(N)C1(O)CCCOC1. The van der Waals surface area contributed by atoms with Crippen LogP contribution >= 0.6 is 0 Å². The lowest BCUT2D eigenvalue weighted by Gasteiger charge is -2.38. The normalized spacial score (nSPS) is 53.8. The van der Waals surface area contributed by atoms with E-state index in [1.807, 2.05) is 0 Å². The first kappa shape index (κ1) is 8.48. The Morgan fingerprint density at radius 1 is 1.58 bits per heavy atom. The molecule has 0 radical (unpaired) electrons. The molecule has 2 aliphatic rings. The van der Waals surface area contributed by atoms with E-state index in [-0.39, 0.29) is 5.54 Å². The maximum atomic E-state index is 10.2. The van der Waals surface area contributed by atoms with E-state index in [0.717, 1.165) is 25.9 Å². The van der Waals surface area contributed by atoms with Gasteiger partial charge in [-0.2, -0.15) is 0 Å². The van der Waals surface area contributed by atoms with Crippen molar-refractivity contribution < 1.29 is 9.84 Å². The van der Waals surface area contributed by atoms with Gasteiger partial charge in [0.2, 0.25) is 0 Å². The summed E-state index contributed by atoms with van der Waals surface area (Å²) in [5, 5.41) is 10.2. The summed E-state index contributed by atoms with van der Waals surface area (Å²) in [6, 6.07) is 0. The van der Waals surface area contributed by atoms with Crippen molar-refractivity contribution in [2.24, 2.45) is 11.7 Å². The van der Waals surface area contributed by atoms with Crippen LogP contribution in [0.25, 0.3) is 0 Å². The van der Waals surface area contributed by atoms with E-state index in [1.54, 1.807) is 0 Å². The third-order valence-electron chi connectivity index (χ3n) is 3.45. The summed E-state index contributed by atoms with van der Waals surface area (Å²) in [7, 11) is 0. The van der Waals surface area contributed by atoms with Crippen molar-refractivity contribution >= 4 is 0 Å². The second kappa shape index (κ2) is 2.44. The van der Waals surface area contributed by atoms with E-state index >= 15 is 0 Å². The van der Waals surface area contributed by atoms with Gasteiger partial charge in [0.1, 0.15) is 5.60 Å². The topological polar surface area (TPSA) is 55.5 Å². The van der Waals surface area contributed by atoms with E-state index in [0.29, 0.717) is 12.5 Å². The molecule has 0 amide bonds. The summed E-state index contributed by atoms with van der Waals surface area (Å²) in [6.07, 6.45) is 2.67. The number of rotatable bonds is 1. The molecule has 1 aliphatic heterocycles. The van der Waals surface area contributed by atoms with Gasteiger partial charge in [-0.25, -0.2) is 0 Å². The lowest BCUT2D eigenvalue weighted by Crippen LogP contribution is -2.56. The third-order valence-corrected chi connectivity index (χ3v) is 3.45. The summed E-state index contributed by atoms with van der Waals surface area (Å²) in [4.78, 5) is 0. The van der Waals surface area contributed by atoms with Gasteiger partial charge in [-0.3, -0.25) is 0 Å². The summed E-state index contributed by atoms with van der Waals surface area (Å²) in [5.41, 5.74) is 4.97. The average molecular weight is 171 g/mol. The fourth-order valence-corrected chi connectivity index (χ4v) is 2.24. The van der Waals surface area contributed by atoms with E-state index in [1.165, 1.54) is 0 Å². The Bertz CT molecular complexity index is 189. The van der Waals surface area contributed by atoms with Crippen LogP contribution in [0.1, 0.15) is 26.2 Å². The predicted molar refractivity (Wildman–Crippen MR) is 45.7 cm³/mol. The molecule has 3 atom stereocenters. The van der Waals surface area contributed by atoms with Crippen LogP contribution in [0.4, 0.5) is 0 Å². The molecule has 1 aliphatic carbocycles. The number of ether oxygens (including phenoxy) is 1. The first-order valence-electron chi connectivity index (χ1n) is 4.67. The van der Waals surface area contributed by atoms with Gasteiger partial charge in [0.25, 0.3) is 0 Å². The molecule has 0 spiro atoms. The van der Waals surface area contributed by atoms with Crippen LogP contribution in [-0.2, 0) is 4.74 Å². The molecular formula is C9H17NO2. The van der Waals surface area contributed by atoms with Crippen molar-refractivity contribution in [2.75, 3.05) is 13.2 Å². The van der Waals surface area contributed by atoms with E-state index in [9.17, 15) is 5.11 Å². The Balaban J connectivity index is 2.09. The predicted octanol–water partition coefficient (Wildman–Crippen LogP) is 0.265. The van der Waals surface area contributed by atoms with Gasteiger partial charge < -0.3 is 15.6 Å². The minimum Gasteiger partial charge on any atom is -0.386 e. The molecule has 1 saturated carbocycles. The third kappa shape index (κ3) is 1.00. The van der Waals surface area contributed by atoms with Crippen molar-refractivity contribution in [3.05, 3.63) is 0 Å². The highest BCUT2D eigenvalue weighted by molar-refractivity contribution is 5.18. The van der Waals surface area contributed by atoms with Gasteiger partial charge in [-0.05, 0) is 25.2 Å². The molecule has 0 aromatic rings. The maximum absolute atomic E-state index is 10.2. The average Bonchev–Trinajstić information content (AvgIpc) is 2.63. The molecule has 12 heavy (non-hydrogen) atoms. The summed E-state index contributed by atoms with van der Waals surface area (Å²) < 4.78 is 5.27. The van der Waals surface area contributed by atoms with Crippen LogP contribution in [0.5, 0.6) is 0 Å². The molecule has 0 aromatic carbocycles. The fraction of sp³-hybridized carbons (Fsp3) is 1.00. The van der Waals surface area contributed by atoms with Gasteiger partial charge in [-0.1, -0.05) is 6.92 Å². The Hall–Kier alpha value is -0.120. The van der Waals surface area contributed by atoms with Crippen LogP contribution in [0.3, 0.4) is 0 Å². The molecule has 2 fully saturated rings. The smallest absolute Gasteiger partial charge is 0.106 e. The summed E-state index contributed by atoms with van der Waals surface area (Å²) in [5.74, 6) is 0.448. The number of hydrogen-bond acceptors (Lipinski definition) is 3. The number of hydrogen-bond donors (Lipinski definition) is 2. The summed E-state index contributed by atoms with van der Waals surface area (Å²) in [6.45, 7) is 3.28. The van der Waals surface area contributed by atoms with Crippen molar-refractivity contribution in [2.45, 2.75) is 37.3 Å². The zero-order valence-corrected chi connectivity index (χ0v) is 7.55. The van der Waals surface area contributed by atoms with Crippen molar-refractivity contribution in [1.29, 1.82) is 0 Å². The van der Waals surface area contributed by atoms with Gasteiger partial charge in [-0.15, -0.1) is 0 Å². The first-order chi connectivity index (χ1) is 5.58. The highest BCUT2D eigenvalue weighted by Crippen LogP contribution is 2.50. The molecule has 0 aromatic heterocycles. The van der Waals surface area contributed by atoms with Crippen molar-refractivity contribution in [1.82, 2.24) is 0 Å². The zero-order chi connectivity index (χ0) is 8.82. The first-order valence-corrected chi connectivity index (χ1v) is 4.67. The lowest BCUT2D eigenvalue weighted by molar-refractivity contribution is -0.108. The van der Waals surface area contributed by atoms with Crippen molar-refractivity contribution in [3.8, 4) is 0 Å². The zero-order valence-electron chi connectivity index (χ0n) is 7.55. The quantitative estimate of drug-likeness (QED) is 0.595. The lowest BCUT2D eigenvalue weighted by atomic mass is 9.85. The van der Waals surface area contributed by atoms with E-state index in [4.69, 9.17) is 10.5 Å². The second-order valence-electron chi connectivity index (χ2n) is 4.33. The molecule has 3 nitrogen and oxygen atoms in total. The van der Waals surface area contributed by atoms with Gasteiger partial charge >= 0.3 is 0 Å². The fourth-order valence-electron chi connectivity index (χ4n) is 2.24. The maximum Gasteiger partial charge on any atom is 0.106 e. The Kier molecular flexibility index (Phi) is 1.72. The van der Waals surface area contributed by atoms with Crippen LogP contribution < -0.4 is 5.73 Å². The monoisotopic (exact) mass is 171 g/mol. The highest BCUT2D eigenvalue weighted by atomic mass is 16.5. The largest absolute Gasteiger partial charge is 0.386 e. The molecule has 3 N–H and O–H groups in total. The Morgan fingerprint density at radius 3 is 2.67 bits per heavy atom. The standard InChI is InChI=1S/C9H17NO2/c1-7-5-9(7,10)8(11)3-2-4-12-6-8/h7,11H,2-6,10H2,1H3. The number of aliphatic hydroxyl groups is 1. The Morgan fingerprint density at radius 2 is 2.25 bits per heavy atom. The minimum atomic E-state index is -0.745. The summed E-state index contributed by atoms with van der Waals surface area (Å²) >= 11 is 0. The highest BCUT2D eigenvalue weighted by Gasteiger charge is 2.61. The molecular weight excluding hydrogens is 154 g/mol. The Labute approximate surface area is 72.9 Å². The van der Waals surface area contributed by atoms with Crippen molar-refractivity contribution in [3.63, 3.8) is 0 Å². The van der Waals surface area contributed by atoms with Crippen LogP contribution in [0.15, 0.2) is 0 Å². The molecule has 3 unspecified atom stereocenters. The molecule has 1 saturated heterocycles. The van der Waals surface area contributed by atoms with Crippen LogP contribution in [0.2, 0.25) is 0 Å². The molecule has 2 rings (SSSR count). The van der Waals surface area contributed by atoms with Gasteiger partial charge in [0, 0.05) is 12.1 Å². The van der Waals surface area contributed by atoms with Gasteiger partial charge in [0.15, 0.2) is 0 Å². The van der Waals surface area contributed by atoms with E-state index < -0.39 is 5.60 Å². The minimum absolute atomic E-state index is 0.354.